The molecule has 0 aliphatic heterocycles. The number of carbonyl (C=O) groups excluding carboxylic acids is 1. The van der Waals surface area contributed by atoms with Crippen LogP contribution >= 0.6 is 0 Å². The van der Waals surface area contributed by atoms with Crippen molar-refractivity contribution in [3.8, 4) is 11.9 Å². The predicted octanol–water partition coefficient (Wildman–Crippen LogP) is 2.31. The van der Waals surface area contributed by atoms with Crippen LogP contribution in [0.3, 0.4) is 0 Å². The number of amides is 1. The highest BCUT2D eigenvalue weighted by Crippen LogP contribution is 2.43. The number of nitrogens with zero attached hydrogens (tertiary/aromatic N) is 2. The number of hydrogen-bond acceptors (Lipinski definition) is 4. The Labute approximate surface area is 175 Å². The van der Waals surface area contributed by atoms with Gasteiger partial charge in [-0.2, -0.15) is 5.26 Å². The lowest BCUT2D eigenvalue weighted by molar-refractivity contribution is 0.0912. The molecule has 1 aliphatic carbocycles. The molecule has 1 fully saturated rings. The Kier molecular flexibility index (Phi) is 6.52. The van der Waals surface area contributed by atoms with Crippen molar-refractivity contribution in [3.63, 3.8) is 0 Å². The summed E-state index contributed by atoms with van der Waals surface area (Å²) in [5.41, 5.74) is 0.842. The number of methoxy groups -OCH3 is 1. The number of nitriles is 1. The minimum atomic E-state index is -0.428. The lowest BCUT2D eigenvalue weighted by Gasteiger charge is -2.48. The minimum Gasteiger partial charge on any atom is -0.496 e. The quantitative estimate of drug-likeness (QED) is 0.294. The van der Waals surface area contributed by atoms with Gasteiger partial charge >= 0.3 is 0 Å². The fourth-order valence-electron chi connectivity index (χ4n) is 3.87. The highest BCUT2D eigenvalue weighted by molar-refractivity contribution is 5.97. The van der Waals surface area contributed by atoms with Crippen molar-refractivity contribution in [2.45, 2.75) is 24.3 Å². The Bertz CT molecular complexity index is 979. The van der Waals surface area contributed by atoms with Gasteiger partial charge in [0, 0.05) is 25.0 Å². The Morgan fingerprint density at radius 2 is 2.07 bits per heavy atom. The number of hydrogen-bond donors (Lipinski definition) is 3. The largest absolute Gasteiger partial charge is 0.496 e. The van der Waals surface area contributed by atoms with Gasteiger partial charge in [0.2, 0.25) is 5.96 Å². The first-order chi connectivity index (χ1) is 14.5. The number of nitrogens with one attached hydrogen (secondary N) is 3. The maximum Gasteiger partial charge on any atom is 0.255 e. The second kappa shape index (κ2) is 9.27. The van der Waals surface area contributed by atoms with Crippen LogP contribution in [0.25, 0.3) is 0 Å². The van der Waals surface area contributed by atoms with E-state index in [1.807, 2.05) is 12.3 Å². The molecule has 30 heavy (non-hydrogen) atoms. The minimum absolute atomic E-state index is 0.0379. The highest BCUT2D eigenvalue weighted by Gasteiger charge is 2.46. The molecular formula is C22H24FN5O2. The number of carbonyl (C=O) groups is 1. The van der Waals surface area contributed by atoms with Gasteiger partial charge in [-0.3, -0.25) is 15.1 Å². The van der Waals surface area contributed by atoms with E-state index in [2.05, 4.69) is 20.9 Å². The molecule has 3 rings (SSSR count). The maximum absolute atomic E-state index is 13.9. The third-order valence-electron chi connectivity index (χ3n) is 5.39. The average molecular weight is 409 g/mol. The van der Waals surface area contributed by atoms with Crippen molar-refractivity contribution in [1.82, 2.24) is 16.0 Å². The van der Waals surface area contributed by atoms with E-state index in [9.17, 15) is 9.18 Å². The summed E-state index contributed by atoms with van der Waals surface area (Å²) in [7, 11) is 3.10. The number of rotatable bonds is 6. The van der Waals surface area contributed by atoms with Crippen LogP contribution in [0.15, 0.2) is 53.5 Å². The van der Waals surface area contributed by atoms with Gasteiger partial charge in [0.1, 0.15) is 11.6 Å². The van der Waals surface area contributed by atoms with Crippen LogP contribution < -0.4 is 20.7 Å². The van der Waals surface area contributed by atoms with Gasteiger partial charge in [-0.1, -0.05) is 24.3 Å². The molecule has 156 valence electrons. The molecule has 1 amide bonds. The molecule has 2 aromatic rings. The average Bonchev–Trinajstić information content (AvgIpc) is 2.74. The molecule has 1 aliphatic rings. The molecule has 8 heteroatoms. The molecule has 0 aromatic heterocycles. The molecular weight excluding hydrogens is 385 g/mol. The molecule has 0 unspecified atom stereocenters. The second-order valence-electron chi connectivity index (χ2n) is 7.23. The van der Waals surface area contributed by atoms with Crippen molar-refractivity contribution in [2.24, 2.45) is 4.99 Å². The first-order valence-electron chi connectivity index (χ1n) is 9.57. The predicted molar refractivity (Wildman–Crippen MR) is 112 cm³/mol. The van der Waals surface area contributed by atoms with Crippen LogP contribution in [-0.2, 0) is 5.41 Å². The van der Waals surface area contributed by atoms with Crippen LogP contribution in [0, 0.1) is 17.3 Å². The normalized spacial score (nSPS) is 20.5. The summed E-state index contributed by atoms with van der Waals surface area (Å²) in [5, 5.41) is 17.4. The zero-order chi connectivity index (χ0) is 21.6. The molecule has 0 bridgehead atoms. The molecule has 0 atom stereocenters. The lowest BCUT2D eigenvalue weighted by Crippen LogP contribution is -2.59. The summed E-state index contributed by atoms with van der Waals surface area (Å²) in [6, 6.07) is 13.5. The van der Waals surface area contributed by atoms with E-state index in [0.717, 1.165) is 5.56 Å². The summed E-state index contributed by atoms with van der Waals surface area (Å²) < 4.78 is 19.2. The SMILES string of the molecule is CN=C(NC#N)NC1CC(CNC(=O)c2ccccc2OC)(c2cccc(F)c2)C1. The molecule has 3 N–H and O–H groups in total. The summed E-state index contributed by atoms with van der Waals surface area (Å²) >= 11 is 0. The van der Waals surface area contributed by atoms with Crippen LogP contribution in [0.2, 0.25) is 0 Å². The zero-order valence-electron chi connectivity index (χ0n) is 16.9. The second-order valence-corrected chi connectivity index (χ2v) is 7.23. The molecule has 1 saturated carbocycles. The van der Waals surface area contributed by atoms with E-state index >= 15 is 0 Å². The Morgan fingerprint density at radius 3 is 2.73 bits per heavy atom. The summed E-state index contributed by atoms with van der Waals surface area (Å²) in [6.45, 7) is 0.343. The monoisotopic (exact) mass is 409 g/mol. The van der Waals surface area contributed by atoms with Crippen molar-refractivity contribution in [1.29, 1.82) is 5.26 Å². The Balaban J connectivity index is 1.75. The smallest absolute Gasteiger partial charge is 0.255 e. The van der Waals surface area contributed by atoms with E-state index in [4.69, 9.17) is 10.00 Å². The van der Waals surface area contributed by atoms with Gasteiger partial charge in [-0.25, -0.2) is 4.39 Å². The van der Waals surface area contributed by atoms with Gasteiger partial charge in [0.15, 0.2) is 6.19 Å². The molecule has 0 spiro atoms. The van der Waals surface area contributed by atoms with Crippen LogP contribution in [0.1, 0.15) is 28.8 Å². The summed E-state index contributed by atoms with van der Waals surface area (Å²) in [4.78, 5) is 16.7. The fraction of sp³-hybridized carbons (Fsp3) is 0.318. The van der Waals surface area contributed by atoms with Crippen LogP contribution in [0.5, 0.6) is 5.75 Å². The molecule has 0 radical (unpaired) electrons. The highest BCUT2D eigenvalue weighted by atomic mass is 19.1. The van der Waals surface area contributed by atoms with Crippen molar-refractivity contribution in [3.05, 3.63) is 65.5 Å². The van der Waals surface area contributed by atoms with E-state index in [1.165, 1.54) is 19.2 Å². The number of ether oxygens (including phenoxy) is 1. The van der Waals surface area contributed by atoms with E-state index < -0.39 is 5.41 Å². The van der Waals surface area contributed by atoms with Gasteiger partial charge < -0.3 is 15.4 Å². The topological polar surface area (TPSA) is 98.5 Å². The molecule has 2 aromatic carbocycles. The van der Waals surface area contributed by atoms with Gasteiger partial charge in [-0.15, -0.1) is 0 Å². The number of halogens is 1. The van der Waals surface area contributed by atoms with E-state index in [0.29, 0.717) is 36.7 Å². The first-order valence-corrected chi connectivity index (χ1v) is 9.57. The first kappa shape index (κ1) is 21.1. The van der Waals surface area contributed by atoms with Gasteiger partial charge in [0.25, 0.3) is 5.91 Å². The van der Waals surface area contributed by atoms with Crippen molar-refractivity contribution >= 4 is 11.9 Å². The van der Waals surface area contributed by atoms with Crippen LogP contribution in [-0.4, -0.2) is 38.6 Å². The van der Waals surface area contributed by atoms with Gasteiger partial charge in [0.05, 0.1) is 12.7 Å². The number of benzene rings is 2. The third kappa shape index (κ3) is 4.51. The Hall–Kier alpha value is -3.60. The van der Waals surface area contributed by atoms with Gasteiger partial charge in [-0.05, 0) is 42.7 Å². The summed E-state index contributed by atoms with van der Waals surface area (Å²) in [6.07, 6.45) is 3.13. The zero-order valence-corrected chi connectivity index (χ0v) is 16.9. The fourth-order valence-corrected chi connectivity index (χ4v) is 3.87. The molecule has 0 heterocycles. The number of aliphatic imine (C=N–C) groups is 1. The van der Waals surface area contributed by atoms with Crippen molar-refractivity contribution in [2.75, 3.05) is 20.7 Å². The van der Waals surface area contributed by atoms with E-state index in [-0.39, 0.29) is 17.8 Å². The lowest BCUT2D eigenvalue weighted by atomic mass is 9.61. The van der Waals surface area contributed by atoms with E-state index in [1.54, 1.807) is 37.4 Å². The third-order valence-corrected chi connectivity index (χ3v) is 5.39. The van der Waals surface area contributed by atoms with Crippen LogP contribution in [0.4, 0.5) is 4.39 Å². The Morgan fingerprint density at radius 1 is 1.30 bits per heavy atom. The summed E-state index contributed by atoms with van der Waals surface area (Å²) in [5.74, 6) is 0.311. The standard InChI is InChI=1S/C22H24FN5O2/c1-25-21(27-14-24)28-17-11-22(12-17,15-6-5-7-16(23)10-15)13-26-20(29)18-8-3-4-9-19(18)30-2/h3-10,17H,11-13H2,1-2H3,(H,26,29)(H2,25,27,28). The number of guanidine groups is 1. The molecule has 0 saturated heterocycles. The number of para-hydroxylation sites is 1. The van der Waals surface area contributed by atoms with Crippen molar-refractivity contribution < 1.29 is 13.9 Å². The maximum atomic E-state index is 13.9. The molecule has 7 nitrogen and oxygen atoms in total.